The van der Waals surface area contributed by atoms with Crippen molar-refractivity contribution >= 4 is 11.6 Å². The Balaban J connectivity index is 2.21. The second-order valence-electron chi connectivity index (χ2n) is 5.99. The van der Waals surface area contributed by atoms with Crippen molar-refractivity contribution in [3.05, 3.63) is 29.8 Å². The molecule has 0 aliphatic carbocycles. The first-order valence-electron chi connectivity index (χ1n) is 8.02. The topological polar surface area (TPSA) is 62.1 Å². The summed E-state index contributed by atoms with van der Waals surface area (Å²) in [6.07, 6.45) is -4.24. The zero-order valence-electron chi connectivity index (χ0n) is 14.1. The van der Waals surface area contributed by atoms with E-state index in [9.17, 15) is 23.1 Å². The van der Waals surface area contributed by atoms with Crippen LogP contribution in [-0.2, 0) is 11.2 Å². The van der Waals surface area contributed by atoms with Crippen molar-refractivity contribution in [2.75, 3.05) is 7.11 Å². The Bertz CT molecular complexity index is 644. The van der Waals surface area contributed by atoms with Gasteiger partial charge in [0.05, 0.1) is 13.5 Å². The van der Waals surface area contributed by atoms with E-state index in [0.717, 1.165) is 6.42 Å². The summed E-state index contributed by atoms with van der Waals surface area (Å²) in [5.41, 5.74) is -2.59. The van der Waals surface area contributed by atoms with Crippen LogP contribution in [0.25, 0.3) is 0 Å². The average Bonchev–Trinajstić information content (AvgIpc) is 2.91. The van der Waals surface area contributed by atoms with E-state index in [0.29, 0.717) is 24.2 Å². The number of hydrogen-bond acceptors (Lipinski definition) is 4. The van der Waals surface area contributed by atoms with E-state index in [1.807, 2.05) is 6.92 Å². The Labute approximate surface area is 144 Å². The summed E-state index contributed by atoms with van der Waals surface area (Å²) in [7, 11) is 1.49. The summed E-state index contributed by atoms with van der Waals surface area (Å²) in [4.78, 5) is 12.4. The maximum atomic E-state index is 13.4. The van der Waals surface area contributed by atoms with E-state index in [-0.39, 0.29) is 17.1 Å². The molecule has 1 aromatic carbocycles. The Morgan fingerprint density at radius 1 is 1.36 bits per heavy atom. The molecular weight excluding hydrogens is 337 g/mol. The second kappa shape index (κ2) is 7.43. The van der Waals surface area contributed by atoms with Crippen molar-refractivity contribution in [3.63, 3.8) is 0 Å². The molecule has 0 saturated heterocycles. The third kappa shape index (κ3) is 4.12. The molecule has 8 heteroatoms. The predicted octanol–water partition coefficient (Wildman–Crippen LogP) is 3.27. The van der Waals surface area contributed by atoms with E-state index in [4.69, 9.17) is 4.74 Å². The molecule has 1 aliphatic rings. The van der Waals surface area contributed by atoms with Gasteiger partial charge in [-0.15, -0.1) is 0 Å². The molecule has 1 aliphatic heterocycles. The number of carbonyl (C=O) groups excluding carboxylic acids is 1. The van der Waals surface area contributed by atoms with Crippen LogP contribution >= 0.6 is 0 Å². The van der Waals surface area contributed by atoms with Crippen molar-refractivity contribution < 1.29 is 27.8 Å². The summed E-state index contributed by atoms with van der Waals surface area (Å²) in [6.45, 7) is 1.90. The molecule has 0 radical (unpaired) electrons. The minimum Gasteiger partial charge on any atom is -0.497 e. The lowest BCUT2D eigenvalue weighted by Crippen LogP contribution is -2.57. The number of unbranched alkanes of at least 4 members (excludes halogenated alkanes) is 1. The molecule has 0 bridgehead atoms. The van der Waals surface area contributed by atoms with Gasteiger partial charge >= 0.3 is 6.18 Å². The number of halogens is 3. The Hall–Kier alpha value is -2.09. The molecule has 0 fully saturated rings. The molecule has 1 N–H and O–H groups in total. The van der Waals surface area contributed by atoms with Crippen LogP contribution in [0, 0.1) is 0 Å². The van der Waals surface area contributed by atoms with Crippen LogP contribution in [0.5, 0.6) is 5.75 Å². The number of carbonyl (C=O) groups is 1. The lowest BCUT2D eigenvalue weighted by Gasteiger charge is -2.32. The van der Waals surface area contributed by atoms with E-state index in [1.54, 1.807) is 24.3 Å². The average molecular weight is 358 g/mol. The van der Waals surface area contributed by atoms with Gasteiger partial charge in [0, 0.05) is 12.1 Å². The van der Waals surface area contributed by atoms with Crippen molar-refractivity contribution in [3.8, 4) is 5.75 Å². The van der Waals surface area contributed by atoms with E-state index in [1.165, 1.54) is 7.11 Å². The van der Waals surface area contributed by atoms with Gasteiger partial charge in [0.25, 0.3) is 5.72 Å². The number of benzene rings is 1. The van der Waals surface area contributed by atoms with Gasteiger partial charge in [-0.1, -0.05) is 25.5 Å². The van der Waals surface area contributed by atoms with Gasteiger partial charge < -0.3 is 9.84 Å². The predicted molar refractivity (Wildman–Crippen MR) is 86.1 cm³/mol. The van der Waals surface area contributed by atoms with E-state index in [2.05, 4.69) is 5.10 Å². The normalized spacial score (nSPS) is 20.6. The maximum Gasteiger partial charge on any atom is 0.438 e. The maximum absolute atomic E-state index is 13.4. The summed E-state index contributed by atoms with van der Waals surface area (Å²) < 4.78 is 45.1. The zero-order chi connectivity index (χ0) is 18.7. The summed E-state index contributed by atoms with van der Waals surface area (Å²) in [5, 5.41) is 14.1. The number of ether oxygens (including phenoxy) is 1. The quantitative estimate of drug-likeness (QED) is 0.849. The largest absolute Gasteiger partial charge is 0.497 e. The number of rotatable bonds is 6. The van der Waals surface area contributed by atoms with Gasteiger partial charge in [-0.05, 0) is 30.5 Å². The highest BCUT2D eigenvalue weighted by molar-refractivity contribution is 5.91. The molecule has 1 aromatic rings. The van der Waals surface area contributed by atoms with Gasteiger partial charge in [-0.3, -0.25) is 4.79 Å². The first kappa shape index (κ1) is 19.2. The van der Waals surface area contributed by atoms with Crippen LogP contribution in [0.1, 0.15) is 38.2 Å². The van der Waals surface area contributed by atoms with Crippen LogP contribution in [0.15, 0.2) is 29.4 Å². The summed E-state index contributed by atoms with van der Waals surface area (Å²) in [5.74, 6) is -0.333. The van der Waals surface area contributed by atoms with Crippen molar-refractivity contribution in [1.29, 1.82) is 0 Å². The molecule has 5 nitrogen and oxygen atoms in total. The number of hydrogen-bond donors (Lipinski definition) is 1. The van der Waals surface area contributed by atoms with Crippen LogP contribution in [0.4, 0.5) is 13.2 Å². The first-order chi connectivity index (χ1) is 11.7. The van der Waals surface area contributed by atoms with Gasteiger partial charge in [0.15, 0.2) is 0 Å². The first-order valence-corrected chi connectivity index (χ1v) is 8.02. The standard InChI is InChI=1S/C17H21F3N2O3/c1-3-4-5-13-11-16(24,17(18,19)20)22(21-13)15(23)10-12-6-8-14(25-2)9-7-12/h6-9,24H,3-5,10-11H2,1-2H3/t16-/m1/s1. The van der Waals surface area contributed by atoms with Crippen LogP contribution in [0.2, 0.25) is 0 Å². The summed E-state index contributed by atoms with van der Waals surface area (Å²) >= 11 is 0. The van der Waals surface area contributed by atoms with Gasteiger partial charge in [-0.25, -0.2) is 0 Å². The molecule has 0 spiro atoms. The van der Waals surface area contributed by atoms with Gasteiger partial charge in [0.1, 0.15) is 5.75 Å². The Morgan fingerprint density at radius 3 is 2.52 bits per heavy atom. The fraction of sp³-hybridized carbons (Fsp3) is 0.529. The fourth-order valence-corrected chi connectivity index (χ4v) is 2.61. The molecule has 25 heavy (non-hydrogen) atoms. The molecule has 2 rings (SSSR count). The molecule has 0 unspecified atom stereocenters. The summed E-state index contributed by atoms with van der Waals surface area (Å²) in [6, 6.07) is 6.39. The van der Waals surface area contributed by atoms with Gasteiger partial charge in [0.2, 0.25) is 5.91 Å². The van der Waals surface area contributed by atoms with E-state index < -0.39 is 24.2 Å². The third-order valence-electron chi connectivity index (χ3n) is 4.07. The number of alkyl halides is 3. The highest BCUT2D eigenvalue weighted by atomic mass is 19.4. The van der Waals surface area contributed by atoms with Crippen molar-refractivity contribution in [2.24, 2.45) is 5.10 Å². The zero-order valence-corrected chi connectivity index (χ0v) is 14.1. The minimum atomic E-state index is -4.99. The second-order valence-corrected chi connectivity index (χ2v) is 5.99. The minimum absolute atomic E-state index is 0.185. The number of aliphatic hydroxyl groups is 1. The van der Waals surface area contributed by atoms with Crippen LogP contribution in [-0.4, -0.2) is 40.7 Å². The van der Waals surface area contributed by atoms with Crippen molar-refractivity contribution in [1.82, 2.24) is 5.01 Å². The van der Waals surface area contributed by atoms with Gasteiger partial charge in [-0.2, -0.15) is 23.3 Å². The number of amides is 1. The number of hydrazone groups is 1. The molecule has 1 atom stereocenters. The molecule has 1 amide bonds. The molecule has 1 heterocycles. The number of nitrogens with zero attached hydrogens (tertiary/aromatic N) is 2. The molecule has 0 aromatic heterocycles. The SMILES string of the molecule is CCCCC1=NN(C(=O)Cc2ccc(OC)cc2)[C@](O)(C(F)(F)F)C1. The molecule has 138 valence electrons. The molecule has 0 saturated carbocycles. The highest BCUT2D eigenvalue weighted by Crippen LogP contribution is 2.41. The molecular formula is C17H21F3N2O3. The van der Waals surface area contributed by atoms with Crippen LogP contribution in [0.3, 0.4) is 0 Å². The lowest BCUT2D eigenvalue weighted by molar-refractivity contribution is -0.302. The third-order valence-corrected chi connectivity index (χ3v) is 4.07. The Morgan fingerprint density at radius 2 is 2.00 bits per heavy atom. The number of methoxy groups -OCH3 is 1. The van der Waals surface area contributed by atoms with E-state index >= 15 is 0 Å². The lowest BCUT2D eigenvalue weighted by atomic mass is 10.0. The smallest absolute Gasteiger partial charge is 0.438 e. The highest BCUT2D eigenvalue weighted by Gasteiger charge is 2.62. The Kier molecular flexibility index (Phi) is 5.72. The monoisotopic (exact) mass is 358 g/mol. The van der Waals surface area contributed by atoms with Crippen molar-refractivity contribution in [2.45, 2.75) is 50.9 Å². The fourth-order valence-electron chi connectivity index (χ4n) is 2.61. The van der Waals surface area contributed by atoms with Crippen LogP contribution < -0.4 is 4.74 Å².